The van der Waals surface area contributed by atoms with Gasteiger partial charge in [-0.2, -0.15) is 0 Å². The van der Waals surface area contributed by atoms with Gasteiger partial charge in [-0.05, 0) is 35.7 Å². The maximum atomic E-state index is 14.3. The van der Waals surface area contributed by atoms with Gasteiger partial charge in [-0.3, -0.25) is 19.2 Å². The van der Waals surface area contributed by atoms with Crippen molar-refractivity contribution in [2.24, 2.45) is 17.8 Å². The van der Waals surface area contributed by atoms with Gasteiger partial charge in [0.15, 0.2) is 11.4 Å². The number of hydrogen-bond donors (Lipinski definition) is 5. The second-order valence-corrected chi connectivity index (χ2v) is 13.5. The van der Waals surface area contributed by atoms with Gasteiger partial charge in [-0.15, -0.1) is 0 Å². The van der Waals surface area contributed by atoms with Crippen LogP contribution in [0.3, 0.4) is 0 Å². The Morgan fingerprint density at radius 2 is 1.74 bits per heavy atom. The predicted molar refractivity (Wildman–Crippen MR) is 156 cm³/mol. The molecule has 1 aromatic rings. The molecule has 5 rings (SSSR count). The number of phenols is 1. The monoisotopic (exact) mass is 595 g/mol. The first-order valence-electron chi connectivity index (χ1n) is 15.2. The summed E-state index contributed by atoms with van der Waals surface area (Å²) in [6.07, 6.45) is 2.02. The fraction of sp³-hybridized carbons (Fsp3) is 0.576. The Kier molecular flexibility index (Phi) is 7.74. The van der Waals surface area contributed by atoms with E-state index in [0.29, 0.717) is 11.1 Å². The number of esters is 1. The first-order chi connectivity index (χ1) is 20.1. The van der Waals surface area contributed by atoms with Crippen LogP contribution in [0.5, 0.6) is 5.75 Å². The van der Waals surface area contributed by atoms with Crippen LogP contribution in [0.15, 0.2) is 29.0 Å². The number of phenolic OH excluding ortho intramolecular Hbond substituents is 1. The molecule has 2 saturated carbocycles. The van der Waals surface area contributed by atoms with E-state index < -0.39 is 81.8 Å². The summed E-state index contributed by atoms with van der Waals surface area (Å²) < 4.78 is 5.80. The Balaban J connectivity index is 1.68. The van der Waals surface area contributed by atoms with Crippen LogP contribution in [-0.4, -0.2) is 62.1 Å². The largest absolute Gasteiger partial charge is 0.508 e. The first kappa shape index (κ1) is 30.8. The number of aromatic hydroxyl groups is 1. The lowest BCUT2D eigenvalue weighted by Gasteiger charge is -2.51. The summed E-state index contributed by atoms with van der Waals surface area (Å²) in [4.78, 5) is 53.6. The minimum atomic E-state index is -2.83. The number of nitrogens with one attached hydrogen (secondary N) is 1. The number of Topliss-reactive ketones (excluding diaryl/α,β-unsaturated/α-hetero) is 2. The Labute approximate surface area is 250 Å². The second kappa shape index (κ2) is 10.8. The van der Waals surface area contributed by atoms with Crippen molar-refractivity contribution in [2.45, 2.75) is 96.2 Å². The zero-order valence-electron chi connectivity index (χ0n) is 25.3. The maximum absolute atomic E-state index is 14.3. The normalized spacial score (nSPS) is 29.3. The van der Waals surface area contributed by atoms with Gasteiger partial charge < -0.3 is 30.5 Å². The Bertz CT molecular complexity index is 1460. The smallest absolute Gasteiger partial charge is 0.305 e. The third kappa shape index (κ3) is 4.74. The third-order valence-corrected chi connectivity index (χ3v) is 9.84. The number of fused-ring (bicyclic) bond motifs is 3. The molecule has 0 radical (unpaired) electrons. The van der Waals surface area contributed by atoms with Crippen molar-refractivity contribution < 1.29 is 44.3 Å². The van der Waals surface area contributed by atoms with Crippen LogP contribution in [0, 0.1) is 17.8 Å². The molecule has 0 unspecified atom stereocenters. The molecule has 0 heterocycles. The Hall–Kier alpha value is -3.66. The van der Waals surface area contributed by atoms with E-state index >= 15 is 0 Å². The number of rotatable bonds is 5. The number of carbonyl (C=O) groups is 4. The third-order valence-electron chi connectivity index (χ3n) is 9.84. The van der Waals surface area contributed by atoms with Gasteiger partial charge in [0.1, 0.15) is 28.9 Å². The van der Waals surface area contributed by atoms with Crippen molar-refractivity contribution in [3.8, 4) is 5.75 Å². The lowest BCUT2D eigenvalue weighted by molar-refractivity contribution is -0.178. The summed E-state index contributed by atoms with van der Waals surface area (Å²) in [6, 6.07) is 3.49. The van der Waals surface area contributed by atoms with Gasteiger partial charge in [0.2, 0.25) is 5.78 Å². The molecule has 0 saturated heterocycles. The number of hydrogen-bond acceptors (Lipinski definition) is 9. The number of aliphatic hydroxyl groups excluding tert-OH is 2. The topological polar surface area (TPSA) is 170 Å². The molecule has 0 spiro atoms. The van der Waals surface area contributed by atoms with Gasteiger partial charge >= 0.3 is 5.97 Å². The van der Waals surface area contributed by atoms with E-state index in [0.717, 1.165) is 25.7 Å². The molecule has 2 fully saturated rings. The maximum Gasteiger partial charge on any atom is 0.305 e. The quantitative estimate of drug-likeness (QED) is 0.249. The van der Waals surface area contributed by atoms with E-state index in [1.165, 1.54) is 0 Å². The van der Waals surface area contributed by atoms with E-state index in [2.05, 4.69) is 5.32 Å². The average molecular weight is 596 g/mol. The highest BCUT2D eigenvalue weighted by molar-refractivity contribution is 6.23. The van der Waals surface area contributed by atoms with Crippen molar-refractivity contribution in [1.82, 2.24) is 5.32 Å². The summed E-state index contributed by atoms with van der Waals surface area (Å²) in [7, 11) is 0. The summed E-state index contributed by atoms with van der Waals surface area (Å²) >= 11 is 0. The molecule has 4 aliphatic rings. The van der Waals surface area contributed by atoms with Crippen molar-refractivity contribution in [1.29, 1.82) is 0 Å². The number of aliphatic hydroxyl groups is 3. The lowest BCUT2D eigenvalue weighted by atomic mass is 9.55. The molecular weight excluding hydrogens is 554 g/mol. The number of carbonyl (C=O) groups excluding carboxylic acids is 4. The Morgan fingerprint density at radius 1 is 1.09 bits per heavy atom. The summed E-state index contributed by atoms with van der Waals surface area (Å²) in [5.74, 6) is -8.20. The average Bonchev–Trinajstić information content (AvgIpc) is 3.46. The van der Waals surface area contributed by atoms with E-state index in [9.17, 15) is 39.6 Å². The molecule has 5 atom stereocenters. The Morgan fingerprint density at radius 3 is 2.35 bits per heavy atom. The standard InChI is InChI=1S/C33H41NO9/c1-6-21(36)43-28-19-13-20(35)24(31(41)34-14-16-9-7-8-10-16)29(39)33(19,42)30(40)25-22(28)15(2)17-11-12-18(32(3,4)5)26(37)23(17)27(25)38/h11-12,15-16,19,22,28,37-39,42H,6-10,13-14H2,1-5H3,(H,34,41)/t15-,19+,22+,28+,33+/m0/s1. The molecule has 4 aliphatic carbocycles. The molecule has 5 N–H and O–H groups in total. The molecule has 0 aromatic heterocycles. The van der Waals surface area contributed by atoms with E-state index in [1.54, 1.807) is 26.0 Å². The van der Waals surface area contributed by atoms with Crippen LogP contribution >= 0.6 is 0 Å². The minimum absolute atomic E-state index is 0.0204. The van der Waals surface area contributed by atoms with Gasteiger partial charge in [0, 0.05) is 42.4 Å². The fourth-order valence-electron chi connectivity index (χ4n) is 7.48. The lowest BCUT2D eigenvalue weighted by Crippen LogP contribution is -2.64. The highest BCUT2D eigenvalue weighted by Gasteiger charge is 2.66. The van der Waals surface area contributed by atoms with Gasteiger partial charge in [0.05, 0.1) is 5.56 Å². The van der Waals surface area contributed by atoms with E-state index in [-0.39, 0.29) is 35.8 Å². The molecule has 10 heteroatoms. The summed E-state index contributed by atoms with van der Waals surface area (Å²) in [6.45, 7) is 9.25. The van der Waals surface area contributed by atoms with Crippen LogP contribution < -0.4 is 5.32 Å². The van der Waals surface area contributed by atoms with Crippen LogP contribution in [0.1, 0.15) is 95.8 Å². The van der Waals surface area contributed by atoms with Crippen molar-refractivity contribution in [2.75, 3.05) is 6.54 Å². The van der Waals surface area contributed by atoms with Crippen LogP contribution in [-0.2, 0) is 29.3 Å². The van der Waals surface area contributed by atoms with Crippen molar-refractivity contribution in [3.05, 3.63) is 45.7 Å². The number of amides is 1. The molecule has 0 aliphatic heterocycles. The van der Waals surface area contributed by atoms with Gasteiger partial charge in [-0.25, -0.2) is 0 Å². The van der Waals surface area contributed by atoms with Crippen LogP contribution in [0.25, 0.3) is 5.76 Å². The highest BCUT2D eigenvalue weighted by Crippen LogP contribution is 2.57. The van der Waals surface area contributed by atoms with Crippen molar-refractivity contribution in [3.63, 3.8) is 0 Å². The minimum Gasteiger partial charge on any atom is -0.508 e. The summed E-state index contributed by atoms with van der Waals surface area (Å²) in [5, 5.41) is 49.1. The van der Waals surface area contributed by atoms with E-state index in [1.807, 2.05) is 20.8 Å². The summed E-state index contributed by atoms with van der Waals surface area (Å²) in [5.41, 5.74) is -3.36. The number of ether oxygens (including phenoxy) is 1. The number of ketones is 2. The molecular formula is C33H41NO9. The van der Waals surface area contributed by atoms with Crippen molar-refractivity contribution >= 4 is 29.2 Å². The zero-order chi connectivity index (χ0) is 31.6. The van der Waals surface area contributed by atoms with E-state index in [4.69, 9.17) is 4.74 Å². The fourth-order valence-corrected chi connectivity index (χ4v) is 7.48. The van der Waals surface area contributed by atoms with Crippen LogP contribution in [0.2, 0.25) is 0 Å². The molecule has 10 nitrogen and oxygen atoms in total. The zero-order valence-corrected chi connectivity index (χ0v) is 25.3. The number of benzene rings is 1. The SMILES string of the molecule is CCC(=O)O[C@H]1[C@H]2C(=C(O)c3c(ccc(C(C)(C)C)c3O)[C@@H]2C)C(=O)[C@]2(O)C(O)=C(C(=O)NCC3CCCC3)C(=O)C[C@H]12. The molecule has 0 bridgehead atoms. The van der Waals surface area contributed by atoms with Gasteiger partial charge in [-0.1, -0.05) is 59.6 Å². The highest BCUT2D eigenvalue weighted by atomic mass is 16.5. The second-order valence-electron chi connectivity index (χ2n) is 13.5. The molecule has 43 heavy (non-hydrogen) atoms. The molecule has 232 valence electrons. The molecule has 1 aromatic carbocycles. The van der Waals surface area contributed by atoms with Crippen LogP contribution in [0.4, 0.5) is 0 Å². The molecule has 1 amide bonds. The predicted octanol–water partition coefficient (Wildman–Crippen LogP) is 4.04. The van der Waals surface area contributed by atoms with Gasteiger partial charge in [0.25, 0.3) is 5.91 Å². The first-order valence-corrected chi connectivity index (χ1v) is 15.2.